The molecule has 0 saturated heterocycles. The number of rotatable bonds is 7. The first-order chi connectivity index (χ1) is 17.3. The fourth-order valence-corrected chi connectivity index (χ4v) is 5.35. The van der Waals surface area contributed by atoms with Gasteiger partial charge in [0.1, 0.15) is 17.5 Å². The number of halogens is 5. The summed E-state index contributed by atoms with van der Waals surface area (Å²) in [6.07, 6.45) is -1.33. The Balaban J connectivity index is 1.67. The molecule has 1 N–H and O–H groups in total. The van der Waals surface area contributed by atoms with Gasteiger partial charge in [-0.1, -0.05) is 32.0 Å². The molecule has 4 rings (SSSR count). The second kappa shape index (κ2) is 9.58. The van der Waals surface area contributed by atoms with Crippen molar-refractivity contribution in [2.45, 2.75) is 76.6 Å². The van der Waals surface area contributed by atoms with E-state index in [0.29, 0.717) is 41.8 Å². The molecule has 0 saturated carbocycles. The third kappa shape index (κ3) is 5.00. The van der Waals surface area contributed by atoms with Gasteiger partial charge in [-0.3, -0.25) is 4.79 Å². The fourth-order valence-electron chi connectivity index (χ4n) is 5.35. The molecule has 4 nitrogen and oxygen atoms in total. The molecule has 0 radical (unpaired) electrons. The zero-order valence-electron chi connectivity index (χ0n) is 21.2. The highest BCUT2D eigenvalue weighted by molar-refractivity contribution is 6.01. The number of ketones is 1. The average Bonchev–Trinajstić information content (AvgIpc) is 3.27. The van der Waals surface area contributed by atoms with E-state index in [1.807, 2.05) is 27.7 Å². The van der Waals surface area contributed by atoms with Crippen molar-refractivity contribution in [3.63, 3.8) is 0 Å². The molecule has 1 aromatic heterocycles. The van der Waals surface area contributed by atoms with Crippen molar-refractivity contribution in [1.82, 2.24) is 9.78 Å². The molecule has 0 spiro atoms. The van der Waals surface area contributed by atoms with E-state index in [9.17, 15) is 26.7 Å². The van der Waals surface area contributed by atoms with Crippen LogP contribution in [0.5, 0.6) is 0 Å². The second-order valence-corrected chi connectivity index (χ2v) is 10.4. The van der Waals surface area contributed by atoms with Gasteiger partial charge in [0.05, 0.1) is 28.9 Å². The molecular formula is C28H30F5N3O. The lowest BCUT2D eigenvalue weighted by Crippen LogP contribution is -2.38. The Hall–Kier alpha value is -3.23. The highest BCUT2D eigenvalue weighted by atomic mass is 19.4. The molecule has 1 aliphatic heterocycles. The minimum absolute atomic E-state index is 0.0712. The summed E-state index contributed by atoms with van der Waals surface area (Å²) < 4.78 is 69.1. The Morgan fingerprint density at radius 2 is 1.68 bits per heavy atom. The number of hydrogen-bond acceptors (Lipinski definition) is 3. The molecular weight excluding hydrogens is 489 g/mol. The number of Topliss-reactive ketones (excluding diaryl/α,β-unsaturated/α-hetero) is 1. The van der Waals surface area contributed by atoms with Crippen molar-refractivity contribution >= 4 is 11.6 Å². The number of nitrogens with zero attached hydrogens (tertiary/aromatic N) is 2. The molecule has 1 atom stereocenters. The predicted molar refractivity (Wildman–Crippen MR) is 132 cm³/mol. The molecule has 198 valence electrons. The lowest BCUT2D eigenvalue weighted by Gasteiger charge is -2.38. The molecule has 1 aliphatic rings. The van der Waals surface area contributed by atoms with E-state index in [4.69, 9.17) is 0 Å². The third-order valence-electron chi connectivity index (χ3n) is 7.67. The van der Waals surface area contributed by atoms with Crippen LogP contribution < -0.4 is 5.32 Å². The first kappa shape index (κ1) is 26.8. The smallest absolute Gasteiger partial charge is 0.363 e. The number of alkyl halides is 3. The highest BCUT2D eigenvalue weighted by Crippen LogP contribution is 2.43. The Kier molecular flexibility index (Phi) is 6.94. The van der Waals surface area contributed by atoms with Crippen LogP contribution >= 0.6 is 0 Å². The summed E-state index contributed by atoms with van der Waals surface area (Å²) in [5, 5.41) is 7.68. The number of carbonyl (C=O) groups excluding carboxylic acids is 1. The summed E-state index contributed by atoms with van der Waals surface area (Å²) >= 11 is 0. The monoisotopic (exact) mass is 519 g/mol. The van der Waals surface area contributed by atoms with E-state index >= 15 is 0 Å². The third-order valence-corrected chi connectivity index (χ3v) is 7.67. The SMILES string of the molecule is CCC(CC)(CC(=O)c1cnn2c1NC(c1ccc(F)cc1F)CC2(C)C)c1ccc(C(F)(F)F)cc1. The molecule has 0 aliphatic carbocycles. The van der Waals surface area contributed by atoms with Crippen molar-refractivity contribution in [2.75, 3.05) is 5.32 Å². The van der Waals surface area contributed by atoms with E-state index in [1.165, 1.54) is 30.5 Å². The molecule has 9 heteroatoms. The van der Waals surface area contributed by atoms with Crippen LogP contribution in [0, 0.1) is 11.6 Å². The molecule has 1 unspecified atom stereocenters. The average molecular weight is 520 g/mol. The number of nitrogens with one attached hydrogen (secondary N) is 1. The van der Waals surface area contributed by atoms with Crippen LogP contribution in [-0.4, -0.2) is 15.6 Å². The van der Waals surface area contributed by atoms with E-state index < -0.39 is 40.4 Å². The van der Waals surface area contributed by atoms with Crippen LogP contribution in [0.4, 0.5) is 27.8 Å². The van der Waals surface area contributed by atoms with E-state index in [1.54, 1.807) is 4.68 Å². The Morgan fingerprint density at radius 1 is 1.05 bits per heavy atom. The lowest BCUT2D eigenvalue weighted by molar-refractivity contribution is -0.137. The first-order valence-electron chi connectivity index (χ1n) is 12.3. The van der Waals surface area contributed by atoms with Crippen LogP contribution in [0.3, 0.4) is 0 Å². The van der Waals surface area contributed by atoms with Crippen LogP contribution in [0.25, 0.3) is 0 Å². The maximum atomic E-state index is 14.6. The molecule has 2 heterocycles. The van der Waals surface area contributed by atoms with E-state index in [0.717, 1.165) is 18.2 Å². The van der Waals surface area contributed by atoms with Crippen LogP contribution in [0.15, 0.2) is 48.7 Å². The van der Waals surface area contributed by atoms with Gasteiger partial charge in [0.25, 0.3) is 0 Å². The maximum absolute atomic E-state index is 14.6. The minimum atomic E-state index is -4.44. The maximum Gasteiger partial charge on any atom is 0.416 e. The van der Waals surface area contributed by atoms with E-state index in [2.05, 4.69) is 10.4 Å². The van der Waals surface area contributed by atoms with Gasteiger partial charge in [0.15, 0.2) is 5.78 Å². The van der Waals surface area contributed by atoms with Crippen LogP contribution in [0.1, 0.15) is 86.5 Å². The Bertz CT molecular complexity index is 1290. The fraction of sp³-hybridized carbons (Fsp3) is 0.429. The number of fused-ring (bicyclic) bond motifs is 1. The van der Waals surface area contributed by atoms with Crippen molar-refractivity contribution in [3.8, 4) is 0 Å². The molecule has 0 amide bonds. The van der Waals surface area contributed by atoms with Crippen molar-refractivity contribution < 1.29 is 26.7 Å². The number of benzene rings is 2. The number of anilines is 1. The Labute approximate surface area is 212 Å². The largest absolute Gasteiger partial charge is 0.416 e. The summed E-state index contributed by atoms with van der Waals surface area (Å²) in [6.45, 7) is 7.68. The number of carbonyl (C=O) groups is 1. The van der Waals surface area contributed by atoms with Gasteiger partial charge in [0.2, 0.25) is 0 Å². The molecule has 0 fully saturated rings. The van der Waals surface area contributed by atoms with Crippen LogP contribution in [0.2, 0.25) is 0 Å². The van der Waals surface area contributed by atoms with Gasteiger partial charge in [0, 0.05) is 23.5 Å². The summed E-state index contributed by atoms with van der Waals surface area (Å²) in [7, 11) is 0. The van der Waals surface area contributed by atoms with Gasteiger partial charge in [-0.25, -0.2) is 13.5 Å². The first-order valence-corrected chi connectivity index (χ1v) is 12.3. The lowest BCUT2D eigenvalue weighted by atomic mass is 9.71. The zero-order chi connectivity index (χ0) is 27.2. The number of aromatic nitrogens is 2. The van der Waals surface area contributed by atoms with Gasteiger partial charge < -0.3 is 5.32 Å². The second-order valence-electron chi connectivity index (χ2n) is 10.4. The van der Waals surface area contributed by atoms with E-state index in [-0.39, 0.29) is 12.2 Å². The van der Waals surface area contributed by atoms with Gasteiger partial charge in [-0.2, -0.15) is 18.3 Å². The van der Waals surface area contributed by atoms with Crippen molar-refractivity contribution in [1.29, 1.82) is 0 Å². The summed E-state index contributed by atoms with van der Waals surface area (Å²) in [4.78, 5) is 13.7. The normalized spacial score (nSPS) is 17.3. The Morgan fingerprint density at radius 3 is 2.24 bits per heavy atom. The van der Waals surface area contributed by atoms with Gasteiger partial charge >= 0.3 is 6.18 Å². The summed E-state index contributed by atoms with van der Waals surface area (Å²) in [5.74, 6) is -1.11. The zero-order valence-corrected chi connectivity index (χ0v) is 21.2. The van der Waals surface area contributed by atoms with Gasteiger partial charge in [-0.15, -0.1) is 0 Å². The van der Waals surface area contributed by atoms with Crippen molar-refractivity contribution in [2.24, 2.45) is 0 Å². The predicted octanol–water partition coefficient (Wildman–Crippen LogP) is 7.80. The molecule has 2 aromatic carbocycles. The number of hydrogen-bond donors (Lipinski definition) is 1. The van der Waals surface area contributed by atoms with Crippen molar-refractivity contribution in [3.05, 3.63) is 82.5 Å². The highest BCUT2D eigenvalue weighted by Gasteiger charge is 2.39. The standard InChI is InChI=1S/C28H30F5N3O/c1-5-27(6-2,17-7-9-18(10-8-17)28(31,32)33)15-24(37)21-16-34-36-25(21)35-23(14-26(36,3)4)20-12-11-19(29)13-22(20)30/h7-13,16,23,35H,5-6,14-15H2,1-4H3. The minimum Gasteiger partial charge on any atom is -0.363 e. The summed E-state index contributed by atoms with van der Waals surface area (Å²) in [6, 6.07) is 7.92. The topological polar surface area (TPSA) is 46.9 Å². The summed E-state index contributed by atoms with van der Waals surface area (Å²) in [5.41, 5.74) is -0.674. The molecule has 0 bridgehead atoms. The van der Waals surface area contributed by atoms with Gasteiger partial charge in [-0.05, 0) is 56.9 Å². The van der Waals surface area contributed by atoms with Crippen LogP contribution in [-0.2, 0) is 17.1 Å². The quantitative estimate of drug-likeness (QED) is 0.256. The molecule has 3 aromatic rings. The molecule has 37 heavy (non-hydrogen) atoms.